The number of rotatable bonds is 4. The van der Waals surface area contributed by atoms with Crippen molar-refractivity contribution >= 4 is 34.7 Å². The van der Waals surface area contributed by atoms with Gasteiger partial charge in [-0.15, -0.1) is 0 Å². The molecule has 0 spiro atoms. The van der Waals surface area contributed by atoms with E-state index in [0.717, 1.165) is 5.56 Å². The summed E-state index contributed by atoms with van der Waals surface area (Å²) in [5.41, 5.74) is 2.50. The topological polar surface area (TPSA) is 66.9 Å². The lowest BCUT2D eigenvalue weighted by Crippen LogP contribution is -2.15. The van der Waals surface area contributed by atoms with Crippen LogP contribution < -0.4 is 10.6 Å². The number of hydrogen-bond donors (Lipinski definition) is 2. The van der Waals surface area contributed by atoms with Crippen molar-refractivity contribution < 1.29 is 9.18 Å². The van der Waals surface area contributed by atoms with Gasteiger partial charge in [-0.2, -0.15) is 0 Å². The molecule has 0 aliphatic carbocycles. The van der Waals surface area contributed by atoms with Crippen molar-refractivity contribution in [3.05, 3.63) is 76.5 Å². The summed E-state index contributed by atoms with van der Waals surface area (Å²) < 4.78 is 13.3. The standard InChI is InChI=1S/C19H16ClFN4O/c1-11-4-3-5-13(8-11)25-19(26)17-10-18(23-12(2)22-17)24-14-6-7-16(21)15(20)9-14/h3-10H,1-2H3,(H,25,26)(H,22,23,24). The van der Waals surface area contributed by atoms with Gasteiger partial charge in [0, 0.05) is 17.4 Å². The van der Waals surface area contributed by atoms with Crippen LogP contribution in [0, 0.1) is 19.7 Å². The third kappa shape index (κ3) is 4.34. The molecule has 7 heteroatoms. The molecule has 0 fully saturated rings. The molecule has 1 amide bonds. The van der Waals surface area contributed by atoms with Gasteiger partial charge in [0.2, 0.25) is 0 Å². The number of benzene rings is 2. The van der Waals surface area contributed by atoms with Crippen LogP contribution in [0.15, 0.2) is 48.5 Å². The maximum Gasteiger partial charge on any atom is 0.274 e. The lowest BCUT2D eigenvalue weighted by atomic mass is 10.2. The van der Waals surface area contributed by atoms with Gasteiger partial charge in [-0.1, -0.05) is 23.7 Å². The van der Waals surface area contributed by atoms with Gasteiger partial charge >= 0.3 is 0 Å². The Morgan fingerprint density at radius 1 is 1.04 bits per heavy atom. The number of nitrogens with one attached hydrogen (secondary N) is 2. The van der Waals surface area contributed by atoms with Crippen LogP contribution in [0.2, 0.25) is 5.02 Å². The van der Waals surface area contributed by atoms with Crippen molar-refractivity contribution in [2.45, 2.75) is 13.8 Å². The van der Waals surface area contributed by atoms with E-state index >= 15 is 0 Å². The largest absolute Gasteiger partial charge is 0.340 e. The molecule has 2 aromatic carbocycles. The summed E-state index contributed by atoms with van der Waals surface area (Å²) >= 11 is 5.78. The number of halogens is 2. The smallest absolute Gasteiger partial charge is 0.274 e. The van der Waals surface area contributed by atoms with E-state index in [2.05, 4.69) is 20.6 Å². The molecule has 5 nitrogen and oxygen atoms in total. The van der Waals surface area contributed by atoms with Crippen LogP contribution in [-0.2, 0) is 0 Å². The van der Waals surface area contributed by atoms with Gasteiger partial charge in [-0.3, -0.25) is 4.79 Å². The molecule has 0 aliphatic heterocycles. The van der Waals surface area contributed by atoms with Gasteiger partial charge in [0.1, 0.15) is 23.2 Å². The molecule has 2 N–H and O–H groups in total. The van der Waals surface area contributed by atoms with Crippen molar-refractivity contribution in [1.82, 2.24) is 9.97 Å². The Balaban J connectivity index is 1.82. The fraction of sp³-hybridized carbons (Fsp3) is 0.105. The molecule has 0 atom stereocenters. The molecule has 1 aromatic heterocycles. The second-order valence-corrected chi connectivity index (χ2v) is 6.17. The normalized spacial score (nSPS) is 10.5. The average Bonchev–Trinajstić information content (AvgIpc) is 2.58. The molecule has 26 heavy (non-hydrogen) atoms. The Hall–Kier alpha value is -2.99. The molecular formula is C19H16ClFN4O. The molecule has 0 aliphatic rings. The summed E-state index contributed by atoms with van der Waals surface area (Å²) in [6, 6.07) is 13.2. The summed E-state index contributed by atoms with van der Waals surface area (Å²) in [4.78, 5) is 20.9. The first-order valence-electron chi connectivity index (χ1n) is 7.86. The zero-order valence-corrected chi connectivity index (χ0v) is 14.9. The second-order valence-electron chi connectivity index (χ2n) is 5.76. The first-order valence-corrected chi connectivity index (χ1v) is 8.24. The van der Waals surface area contributed by atoms with Crippen molar-refractivity contribution in [2.75, 3.05) is 10.6 Å². The monoisotopic (exact) mass is 370 g/mol. The Bertz CT molecular complexity index is 978. The number of carbonyl (C=O) groups is 1. The van der Waals surface area contributed by atoms with Crippen molar-refractivity contribution in [1.29, 1.82) is 0 Å². The minimum atomic E-state index is -0.505. The van der Waals surface area contributed by atoms with Gasteiger partial charge in [0.25, 0.3) is 5.91 Å². The first-order chi connectivity index (χ1) is 12.4. The van der Waals surface area contributed by atoms with Gasteiger partial charge < -0.3 is 10.6 Å². The number of aromatic nitrogens is 2. The Morgan fingerprint density at radius 3 is 2.58 bits per heavy atom. The van der Waals surface area contributed by atoms with Crippen LogP contribution in [0.25, 0.3) is 0 Å². The molecular weight excluding hydrogens is 355 g/mol. The minimum absolute atomic E-state index is 0.00167. The zero-order chi connectivity index (χ0) is 18.7. The highest BCUT2D eigenvalue weighted by Gasteiger charge is 2.12. The highest BCUT2D eigenvalue weighted by atomic mass is 35.5. The van der Waals surface area contributed by atoms with E-state index in [0.29, 0.717) is 23.0 Å². The summed E-state index contributed by atoms with van der Waals surface area (Å²) in [6.07, 6.45) is 0. The minimum Gasteiger partial charge on any atom is -0.340 e. The molecule has 3 rings (SSSR count). The molecule has 3 aromatic rings. The predicted octanol–water partition coefficient (Wildman–Crippen LogP) is 4.88. The van der Waals surface area contributed by atoms with E-state index in [1.54, 1.807) is 13.0 Å². The lowest BCUT2D eigenvalue weighted by molar-refractivity contribution is 0.102. The fourth-order valence-electron chi connectivity index (χ4n) is 2.39. The van der Waals surface area contributed by atoms with Gasteiger partial charge in [-0.25, -0.2) is 14.4 Å². The molecule has 0 saturated heterocycles. The third-order valence-electron chi connectivity index (χ3n) is 3.54. The highest BCUT2D eigenvalue weighted by Crippen LogP contribution is 2.22. The molecule has 132 valence electrons. The van der Waals surface area contributed by atoms with E-state index in [9.17, 15) is 9.18 Å². The summed E-state index contributed by atoms with van der Waals surface area (Å²) in [6.45, 7) is 3.63. The summed E-state index contributed by atoms with van der Waals surface area (Å²) in [5.74, 6) is -0.0113. The van der Waals surface area contributed by atoms with Crippen LogP contribution in [-0.4, -0.2) is 15.9 Å². The first kappa shape index (κ1) is 17.8. The van der Waals surface area contributed by atoms with E-state index in [1.165, 1.54) is 24.3 Å². The molecule has 0 saturated carbocycles. The summed E-state index contributed by atoms with van der Waals surface area (Å²) in [5, 5.41) is 5.80. The van der Waals surface area contributed by atoms with Crippen LogP contribution >= 0.6 is 11.6 Å². The molecule has 1 heterocycles. The number of hydrogen-bond acceptors (Lipinski definition) is 4. The molecule has 0 radical (unpaired) electrons. The van der Waals surface area contributed by atoms with E-state index in [4.69, 9.17) is 11.6 Å². The number of nitrogens with zero attached hydrogens (tertiary/aromatic N) is 2. The molecule has 0 bridgehead atoms. The van der Waals surface area contributed by atoms with Crippen LogP contribution in [0.4, 0.5) is 21.6 Å². The van der Waals surface area contributed by atoms with Gasteiger partial charge in [0.15, 0.2) is 0 Å². The van der Waals surface area contributed by atoms with Crippen molar-refractivity contribution in [2.24, 2.45) is 0 Å². The highest BCUT2D eigenvalue weighted by molar-refractivity contribution is 6.31. The average molecular weight is 371 g/mol. The van der Waals surface area contributed by atoms with Gasteiger partial charge in [0.05, 0.1) is 5.02 Å². The number of carbonyl (C=O) groups excluding carboxylic acids is 1. The summed E-state index contributed by atoms with van der Waals surface area (Å²) in [7, 11) is 0. The van der Waals surface area contributed by atoms with Gasteiger partial charge in [-0.05, 0) is 49.7 Å². The maximum absolute atomic E-state index is 13.3. The fourth-order valence-corrected chi connectivity index (χ4v) is 2.57. The third-order valence-corrected chi connectivity index (χ3v) is 3.83. The lowest BCUT2D eigenvalue weighted by Gasteiger charge is -2.10. The number of aryl methyl sites for hydroxylation is 2. The quantitative estimate of drug-likeness (QED) is 0.686. The maximum atomic E-state index is 13.3. The van der Waals surface area contributed by atoms with Crippen LogP contribution in [0.5, 0.6) is 0 Å². The Morgan fingerprint density at radius 2 is 1.85 bits per heavy atom. The Kier molecular flexibility index (Phi) is 5.14. The van der Waals surface area contributed by atoms with E-state index < -0.39 is 5.82 Å². The van der Waals surface area contributed by atoms with E-state index in [-0.39, 0.29) is 16.6 Å². The molecule has 0 unspecified atom stereocenters. The Labute approximate surface area is 155 Å². The second kappa shape index (κ2) is 7.49. The predicted molar refractivity (Wildman–Crippen MR) is 101 cm³/mol. The number of amides is 1. The van der Waals surface area contributed by atoms with Crippen LogP contribution in [0.3, 0.4) is 0 Å². The number of anilines is 3. The van der Waals surface area contributed by atoms with Crippen molar-refractivity contribution in [3.63, 3.8) is 0 Å². The van der Waals surface area contributed by atoms with Crippen molar-refractivity contribution in [3.8, 4) is 0 Å². The van der Waals surface area contributed by atoms with E-state index in [1.807, 2.05) is 25.1 Å². The zero-order valence-electron chi connectivity index (χ0n) is 14.2. The van der Waals surface area contributed by atoms with Crippen LogP contribution in [0.1, 0.15) is 21.9 Å². The SMILES string of the molecule is Cc1cccc(NC(=O)c2cc(Nc3ccc(F)c(Cl)c3)nc(C)n2)c1.